The number of hydrogen-bond acceptors (Lipinski definition) is 5. The molecule has 0 bridgehead atoms. The minimum absolute atomic E-state index is 0.166. The van der Waals surface area contributed by atoms with Crippen molar-refractivity contribution in [3.8, 4) is 0 Å². The zero-order valence-electron chi connectivity index (χ0n) is 18.0. The van der Waals surface area contributed by atoms with Crippen molar-refractivity contribution in [2.45, 2.75) is 6.42 Å². The fourth-order valence-corrected chi connectivity index (χ4v) is 4.47. The molecular weight excluding hydrogens is 420 g/mol. The molecule has 0 saturated carbocycles. The van der Waals surface area contributed by atoms with Gasteiger partial charge < -0.3 is 15.5 Å². The summed E-state index contributed by atoms with van der Waals surface area (Å²) in [6, 6.07) is 21.2. The van der Waals surface area contributed by atoms with Gasteiger partial charge in [0.05, 0.1) is 16.1 Å². The Morgan fingerprint density at radius 3 is 2.34 bits per heavy atom. The van der Waals surface area contributed by atoms with E-state index in [1.165, 1.54) is 17.0 Å². The van der Waals surface area contributed by atoms with Crippen LogP contribution in [0.2, 0.25) is 0 Å². The Morgan fingerprint density at radius 1 is 0.844 bits per heavy atom. The fraction of sp³-hybridized carbons (Fsp3) is 0.280. The number of nitrogens with zero attached hydrogens (tertiary/aromatic N) is 2. The molecule has 2 N–H and O–H groups in total. The number of nitrogens with one attached hydrogen (secondary N) is 2. The van der Waals surface area contributed by atoms with E-state index in [-0.39, 0.29) is 11.8 Å². The van der Waals surface area contributed by atoms with E-state index in [0.717, 1.165) is 39.1 Å². The maximum absolute atomic E-state index is 12.7. The van der Waals surface area contributed by atoms with E-state index < -0.39 is 0 Å². The number of thiophene rings is 1. The van der Waals surface area contributed by atoms with Crippen molar-refractivity contribution in [2.24, 2.45) is 0 Å². The van der Waals surface area contributed by atoms with Crippen LogP contribution in [-0.4, -0.2) is 56.0 Å². The molecule has 0 unspecified atom stereocenters. The van der Waals surface area contributed by atoms with Crippen LogP contribution in [-0.2, 0) is 0 Å². The van der Waals surface area contributed by atoms with Crippen LogP contribution in [0.1, 0.15) is 26.5 Å². The van der Waals surface area contributed by atoms with Crippen LogP contribution in [0.3, 0.4) is 0 Å². The minimum atomic E-state index is -0.199. The third kappa shape index (κ3) is 5.75. The predicted octanol–water partition coefficient (Wildman–Crippen LogP) is 3.94. The molecule has 4 rings (SSSR count). The lowest BCUT2D eigenvalue weighted by Gasteiger charge is -2.36. The number of amides is 2. The second kappa shape index (κ2) is 10.9. The molecule has 1 saturated heterocycles. The van der Waals surface area contributed by atoms with Crippen LogP contribution < -0.4 is 15.5 Å². The van der Waals surface area contributed by atoms with Crippen LogP contribution in [0.5, 0.6) is 0 Å². The van der Waals surface area contributed by atoms with E-state index in [0.29, 0.717) is 22.7 Å². The zero-order valence-corrected chi connectivity index (χ0v) is 18.8. The van der Waals surface area contributed by atoms with Gasteiger partial charge in [-0.25, -0.2) is 0 Å². The molecule has 166 valence electrons. The van der Waals surface area contributed by atoms with Crippen molar-refractivity contribution in [2.75, 3.05) is 49.5 Å². The first-order valence-corrected chi connectivity index (χ1v) is 11.8. The van der Waals surface area contributed by atoms with Gasteiger partial charge in [0.2, 0.25) is 0 Å². The highest BCUT2D eigenvalue weighted by Crippen LogP contribution is 2.18. The maximum Gasteiger partial charge on any atom is 0.265 e. The molecule has 0 spiro atoms. The summed E-state index contributed by atoms with van der Waals surface area (Å²) in [6.07, 6.45) is 0.890. The summed E-state index contributed by atoms with van der Waals surface area (Å²) in [5, 5.41) is 7.70. The van der Waals surface area contributed by atoms with E-state index in [1.807, 2.05) is 29.6 Å². The van der Waals surface area contributed by atoms with Gasteiger partial charge in [-0.1, -0.05) is 36.4 Å². The van der Waals surface area contributed by atoms with Crippen LogP contribution >= 0.6 is 11.3 Å². The number of carbonyl (C=O) groups excluding carboxylic acids is 2. The number of anilines is 2. The highest BCUT2D eigenvalue weighted by molar-refractivity contribution is 7.12. The van der Waals surface area contributed by atoms with Crippen LogP contribution in [0, 0.1) is 0 Å². The summed E-state index contributed by atoms with van der Waals surface area (Å²) < 4.78 is 0. The van der Waals surface area contributed by atoms with Crippen molar-refractivity contribution < 1.29 is 9.59 Å². The number of para-hydroxylation sites is 2. The first-order valence-electron chi connectivity index (χ1n) is 10.9. The van der Waals surface area contributed by atoms with E-state index in [2.05, 4.69) is 44.7 Å². The number of hydrogen-bond donors (Lipinski definition) is 2. The summed E-state index contributed by atoms with van der Waals surface area (Å²) in [4.78, 5) is 30.5. The van der Waals surface area contributed by atoms with Gasteiger partial charge in [0.25, 0.3) is 11.8 Å². The highest BCUT2D eigenvalue weighted by atomic mass is 32.1. The normalized spacial score (nSPS) is 14.2. The van der Waals surface area contributed by atoms with Crippen molar-refractivity contribution in [3.63, 3.8) is 0 Å². The van der Waals surface area contributed by atoms with E-state index in [1.54, 1.807) is 18.2 Å². The van der Waals surface area contributed by atoms with Crippen molar-refractivity contribution >= 4 is 34.5 Å². The molecule has 3 aromatic rings. The lowest BCUT2D eigenvalue weighted by Crippen LogP contribution is -2.47. The summed E-state index contributed by atoms with van der Waals surface area (Å²) in [7, 11) is 0. The van der Waals surface area contributed by atoms with Gasteiger partial charge in [-0.3, -0.25) is 14.5 Å². The Hall–Kier alpha value is -3.16. The van der Waals surface area contributed by atoms with Crippen molar-refractivity contribution in [3.05, 3.63) is 82.6 Å². The number of rotatable bonds is 8. The van der Waals surface area contributed by atoms with E-state index in [4.69, 9.17) is 0 Å². The van der Waals surface area contributed by atoms with E-state index in [9.17, 15) is 9.59 Å². The minimum Gasteiger partial charge on any atom is -0.369 e. The Kier molecular flexibility index (Phi) is 7.53. The monoisotopic (exact) mass is 448 g/mol. The average Bonchev–Trinajstić information content (AvgIpc) is 3.38. The molecule has 1 fully saturated rings. The molecule has 1 aliphatic heterocycles. The molecule has 2 heterocycles. The van der Waals surface area contributed by atoms with E-state index >= 15 is 0 Å². The molecule has 32 heavy (non-hydrogen) atoms. The lowest BCUT2D eigenvalue weighted by atomic mass is 10.1. The summed E-state index contributed by atoms with van der Waals surface area (Å²) >= 11 is 1.37. The van der Waals surface area contributed by atoms with Crippen LogP contribution in [0.15, 0.2) is 72.1 Å². The Labute approximate surface area is 192 Å². The molecule has 0 atom stereocenters. The molecule has 6 nitrogen and oxygen atoms in total. The predicted molar refractivity (Wildman–Crippen MR) is 131 cm³/mol. The zero-order chi connectivity index (χ0) is 22.2. The third-order valence-electron chi connectivity index (χ3n) is 5.60. The van der Waals surface area contributed by atoms with Crippen LogP contribution in [0.25, 0.3) is 0 Å². The average molecular weight is 449 g/mol. The number of benzene rings is 2. The Balaban J connectivity index is 1.21. The quantitative estimate of drug-likeness (QED) is 0.513. The van der Waals surface area contributed by atoms with Gasteiger partial charge in [0.15, 0.2) is 0 Å². The van der Waals surface area contributed by atoms with Gasteiger partial charge in [-0.05, 0) is 48.7 Å². The SMILES string of the molecule is O=C(Nc1ccccc1C(=O)NCCCN1CCN(c2ccccc2)CC1)c1cccs1. The fourth-order valence-electron chi connectivity index (χ4n) is 3.85. The number of piperazine rings is 1. The third-order valence-corrected chi connectivity index (χ3v) is 6.46. The van der Waals surface area contributed by atoms with Gasteiger partial charge in [-0.2, -0.15) is 0 Å². The second-order valence-corrected chi connectivity index (χ2v) is 8.70. The summed E-state index contributed by atoms with van der Waals surface area (Å²) in [5.41, 5.74) is 2.29. The highest BCUT2D eigenvalue weighted by Gasteiger charge is 2.17. The molecule has 1 aromatic heterocycles. The van der Waals surface area contributed by atoms with Crippen molar-refractivity contribution in [1.29, 1.82) is 0 Å². The van der Waals surface area contributed by atoms with Gasteiger partial charge >= 0.3 is 0 Å². The summed E-state index contributed by atoms with van der Waals surface area (Å²) in [5.74, 6) is -0.365. The smallest absolute Gasteiger partial charge is 0.265 e. The molecule has 7 heteroatoms. The molecule has 2 amide bonds. The molecule has 0 radical (unpaired) electrons. The molecule has 2 aromatic carbocycles. The second-order valence-electron chi connectivity index (χ2n) is 7.75. The Morgan fingerprint density at radius 2 is 1.59 bits per heavy atom. The van der Waals surface area contributed by atoms with Gasteiger partial charge in [0, 0.05) is 38.4 Å². The standard InChI is InChI=1S/C25H28N4O2S/c30-24(21-10-4-5-11-22(21)27-25(31)23-12-6-19-32-23)26-13-7-14-28-15-17-29(18-16-28)20-8-2-1-3-9-20/h1-6,8-12,19H,7,13-18H2,(H,26,30)(H,27,31). The van der Waals surface area contributed by atoms with Crippen LogP contribution in [0.4, 0.5) is 11.4 Å². The van der Waals surface area contributed by atoms with Gasteiger partial charge in [0.1, 0.15) is 0 Å². The first kappa shape index (κ1) is 22.0. The lowest BCUT2D eigenvalue weighted by molar-refractivity contribution is 0.0952. The maximum atomic E-state index is 12.7. The largest absolute Gasteiger partial charge is 0.369 e. The Bertz CT molecular complexity index is 1020. The topological polar surface area (TPSA) is 64.7 Å². The molecular formula is C25H28N4O2S. The van der Waals surface area contributed by atoms with Gasteiger partial charge in [-0.15, -0.1) is 11.3 Å². The number of carbonyl (C=O) groups is 2. The molecule has 1 aliphatic rings. The summed E-state index contributed by atoms with van der Waals surface area (Å²) in [6.45, 7) is 5.66. The first-order chi connectivity index (χ1) is 15.7. The molecule has 0 aliphatic carbocycles. The van der Waals surface area contributed by atoms with Crippen molar-refractivity contribution in [1.82, 2.24) is 10.2 Å².